The molecule has 0 aliphatic carbocycles. The number of nitrogens with zero attached hydrogens (tertiary/aromatic N) is 8. The zero-order chi connectivity index (χ0) is 27.2. The molecule has 17 heteroatoms. The van der Waals surface area contributed by atoms with Crippen molar-refractivity contribution in [2.45, 2.75) is 31.4 Å². The van der Waals surface area contributed by atoms with E-state index in [4.69, 9.17) is 5.11 Å². The van der Waals surface area contributed by atoms with Gasteiger partial charge in [-0.15, -0.1) is 10.2 Å². The first kappa shape index (κ1) is 25.5. The number of carbonyl (C=O) groups excluding carboxylic acids is 1. The zero-order valence-corrected chi connectivity index (χ0v) is 19.7. The maximum atomic E-state index is 15.2. The molecule has 1 aliphatic rings. The molecule has 0 unspecified atom stereocenters. The molecule has 0 aromatic carbocycles. The lowest BCUT2D eigenvalue weighted by molar-refractivity contribution is -0.145. The molecule has 4 aromatic heterocycles. The Morgan fingerprint density at radius 2 is 2.08 bits per heavy atom. The summed E-state index contributed by atoms with van der Waals surface area (Å²) in [7, 11) is 1.49. The van der Waals surface area contributed by atoms with Crippen molar-refractivity contribution in [2.24, 2.45) is 0 Å². The second-order valence-corrected chi connectivity index (χ2v) is 8.60. The summed E-state index contributed by atoms with van der Waals surface area (Å²) in [6, 6.07) is 1.47. The molecule has 3 N–H and O–H groups in total. The van der Waals surface area contributed by atoms with E-state index in [0.29, 0.717) is 0 Å². The molecular formula is C21H21F5N10O2. The third-order valence-electron chi connectivity index (χ3n) is 6.14. The molecule has 202 valence electrons. The van der Waals surface area contributed by atoms with Crippen LogP contribution in [0.25, 0.3) is 27.9 Å². The highest BCUT2D eigenvalue weighted by molar-refractivity contribution is 5.89. The number of nitrogens with one attached hydrogen (secondary N) is 2. The molecule has 12 nitrogen and oxygen atoms in total. The van der Waals surface area contributed by atoms with E-state index in [1.807, 2.05) is 0 Å². The average Bonchev–Trinajstić information content (AvgIpc) is 3.42. The van der Waals surface area contributed by atoms with Crippen LogP contribution in [0.3, 0.4) is 0 Å². The first-order valence-corrected chi connectivity index (χ1v) is 11.4. The van der Waals surface area contributed by atoms with Crippen LogP contribution in [0.2, 0.25) is 0 Å². The van der Waals surface area contributed by atoms with E-state index in [-0.39, 0.29) is 52.7 Å². The Morgan fingerprint density at radius 1 is 1.29 bits per heavy atom. The molecule has 1 aliphatic heterocycles. The van der Waals surface area contributed by atoms with Crippen molar-refractivity contribution in [1.82, 2.24) is 39.5 Å². The van der Waals surface area contributed by atoms with Crippen molar-refractivity contribution in [3.05, 3.63) is 24.1 Å². The number of hydrogen-bond donors (Lipinski definition) is 3. The van der Waals surface area contributed by atoms with Gasteiger partial charge in [-0.3, -0.25) is 4.79 Å². The average molecular weight is 540 g/mol. The topological polar surface area (TPSA) is 138 Å². The largest absolute Gasteiger partial charge is 0.387 e. The van der Waals surface area contributed by atoms with E-state index in [2.05, 4.69) is 36.0 Å². The van der Waals surface area contributed by atoms with Gasteiger partial charge in [0.2, 0.25) is 11.9 Å². The number of aliphatic hydroxyl groups excluding tert-OH is 1. The van der Waals surface area contributed by atoms with Crippen LogP contribution in [-0.2, 0) is 11.3 Å². The second-order valence-electron chi connectivity index (χ2n) is 8.60. The number of pyridine rings is 1. The molecule has 1 saturated heterocycles. The van der Waals surface area contributed by atoms with Crippen molar-refractivity contribution in [1.29, 1.82) is 0 Å². The number of amides is 1. The highest BCUT2D eigenvalue weighted by Gasteiger charge is 2.46. The molecule has 0 saturated carbocycles. The van der Waals surface area contributed by atoms with Crippen LogP contribution in [0.5, 0.6) is 0 Å². The summed E-state index contributed by atoms with van der Waals surface area (Å²) in [6.07, 6.45) is -1.84. The van der Waals surface area contributed by atoms with Gasteiger partial charge in [0.15, 0.2) is 17.3 Å². The van der Waals surface area contributed by atoms with Crippen LogP contribution < -0.4 is 10.6 Å². The third-order valence-corrected chi connectivity index (χ3v) is 6.14. The first-order chi connectivity index (χ1) is 18.1. The Hall–Kier alpha value is -4.15. The summed E-state index contributed by atoms with van der Waals surface area (Å²) < 4.78 is 72.6. The molecular weight excluding hydrogens is 519 g/mol. The van der Waals surface area contributed by atoms with Gasteiger partial charge in [0.25, 0.3) is 12.3 Å². The number of hydrogen-bond acceptors (Lipinski definition) is 9. The monoisotopic (exact) mass is 540 g/mol. The molecule has 0 spiro atoms. The molecule has 1 atom stereocenters. The molecule has 5 heterocycles. The van der Waals surface area contributed by atoms with E-state index in [1.165, 1.54) is 19.2 Å². The minimum Gasteiger partial charge on any atom is -0.387 e. The fourth-order valence-corrected chi connectivity index (χ4v) is 4.37. The highest BCUT2D eigenvalue weighted by atomic mass is 19.3. The molecule has 1 fully saturated rings. The van der Waals surface area contributed by atoms with Crippen LogP contribution in [0.1, 0.15) is 6.42 Å². The standard InChI is InChI=1S/C21H21F5N10O2/c1-27-18-17-16(11-2-3-12-19(28-11)36(33-31-12)7-14(23)24)10(22)6-35(17)32-20(30-18)29-13-4-5-34(15(38)8-37)9-21(13,25)26/h2-3,6,13-14,37H,4-5,7-9H2,1H3,(H2,27,29,30,32)/t13-/m1/s1. The number of aliphatic hydroxyl groups is 1. The fraction of sp³-hybridized carbons (Fsp3) is 0.429. The Balaban J connectivity index is 1.50. The van der Waals surface area contributed by atoms with Crippen molar-refractivity contribution in [2.75, 3.05) is 37.4 Å². The second kappa shape index (κ2) is 9.62. The quantitative estimate of drug-likeness (QED) is 0.299. The highest BCUT2D eigenvalue weighted by Crippen LogP contribution is 2.34. The third kappa shape index (κ3) is 4.52. The number of aromatic nitrogens is 7. The maximum absolute atomic E-state index is 15.2. The van der Waals surface area contributed by atoms with Crippen molar-refractivity contribution < 1.29 is 31.9 Å². The van der Waals surface area contributed by atoms with Gasteiger partial charge in [0, 0.05) is 13.6 Å². The van der Waals surface area contributed by atoms with Gasteiger partial charge in [-0.25, -0.2) is 36.1 Å². The summed E-state index contributed by atoms with van der Waals surface area (Å²) in [5, 5.41) is 25.9. The van der Waals surface area contributed by atoms with Crippen molar-refractivity contribution in [3.63, 3.8) is 0 Å². The Kier molecular flexibility index (Phi) is 6.46. The molecule has 5 rings (SSSR count). The Morgan fingerprint density at radius 3 is 2.76 bits per heavy atom. The van der Waals surface area contributed by atoms with Crippen LogP contribution in [0.4, 0.5) is 33.7 Å². The van der Waals surface area contributed by atoms with Gasteiger partial charge in [0.1, 0.15) is 24.2 Å². The van der Waals surface area contributed by atoms with Gasteiger partial charge in [-0.2, -0.15) is 4.98 Å². The van der Waals surface area contributed by atoms with E-state index in [0.717, 1.165) is 20.3 Å². The number of piperidine rings is 1. The maximum Gasteiger partial charge on any atom is 0.285 e. The lowest BCUT2D eigenvalue weighted by Crippen LogP contribution is -2.56. The van der Waals surface area contributed by atoms with Crippen LogP contribution in [0, 0.1) is 5.82 Å². The normalized spacial score (nSPS) is 17.5. The fourth-order valence-electron chi connectivity index (χ4n) is 4.37. The number of halogens is 5. The van der Waals surface area contributed by atoms with Gasteiger partial charge >= 0.3 is 0 Å². The summed E-state index contributed by atoms with van der Waals surface area (Å²) in [5.41, 5.74) is 0.422. The molecule has 0 radical (unpaired) electrons. The SMILES string of the molecule is CNc1nc(N[C@@H]2CCN(C(=O)CO)CC2(F)F)nn2cc(F)c(-c3ccc4nnn(CC(F)F)c4n3)c12. The minimum atomic E-state index is -3.36. The Bertz CT molecular complexity index is 1510. The van der Waals surface area contributed by atoms with E-state index >= 15 is 4.39 Å². The predicted octanol–water partition coefficient (Wildman–Crippen LogP) is 1.62. The van der Waals surface area contributed by atoms with Gasteiger partial charge in [0.05, 0.1) is 30.0 Å². The summed E-state index contributed by atoms with van der Waals surface area (Å²) in [4.78, 5) is 21.0. The number of carbonyl (C=O) groups is 1. The summed E-state index contributed by atoms with van der Waals surface area (Å²) in [5.74, 6) is -5.07. The van der Waals surface area contributed by atoms with Crippen LogP contribution in [0.15, 0.2) is 18.3 Å². The lowest BCUT2D eigenvalue weighted by Gasteiger charge is -2.38. The smallest absolute Gasteiger partial charge is 0.285 e. The van der Waals surface area contributed by atoms with Crippen molar-refractivity contribution in [3.8, 4) is 11.3 Å². The van der Waals surface area contributed by atoms with Gasteiger partial charge in [-0.1, -0.05) is 5.21 Å². The van der Waals surface area contributed by atoms with E-state index in [9.17, 15) is 22.4 Å². The number of alkyl halides is 4. The summed E-state index contributed by atoms with van der Waals surface area (Å²) in [6.45, 7) is -2.52. The van der Waals surface area contributed by atoms with Crippen LogP contribution >= 0.6 is 0 Å². The predicted molar refractivity (Wildman–Crippen MR) is 123 cm³/mol. The van der Waals surface area contributed by atoms with Crippen LogP contribution in [-0.4, -0.2) is 95.6 Å². The Labute approximate surface area is 210 Å². The lowest BCUT2D eigenvalue weighted by atomic mass is 10.0. The molecule has 1 amide bonds. The summed E-state index contributed by atoms with van der Waals surface area (Å²) >= 11 is 0. The van der Waals surface area contributed by atoms with Gasteiger partial charge in [-0.05, 0) is 18.6 Å². The molecule has 0 bridgehead atoms. The molecule has 4 aromatic rings. The number of anilines is 2. The van der Waals surface area contributed by atoms with E-state index < -0.39 is 49.8 Å². The van der Waals surface area contributed by atoms with Gasteiger partial charge < -0.3 is 20.6 Å². The number of fused-ring (bicyclic) bond motifs is 2. The number of rotatable bonds is 7. The minimum absolute atomic E-state index is 0.0127. The first-order valence-electron chi connectivity index (χ1n) is 11.4. The zero-order valence-electron chi connectivity index (χ0n) is 19.7. The van der Waals surface area contributed by atoms with Crippen molar-refractivity contribution >= 4 is 34.4 Å². The number of likely N-dealkylation sites (tertiary alicyclic amines) is 1. The molecule has 38 heavy (non-hydrogen) atoms. The van der Waals surface area contributed by atoms with E-state index in [1.54, 1.807) is 0 Å².